The van der Waals surface area contributed by atoms with E-state index in [0.29, 0.717) is 0 Å². The average Bonchev–Trinajstić information content (AvgIpc) is 1.94. The summed E-state index contributed by atoms with van der Waals surface area (Å²) in [5.74, 6) is 1.01. The SMILES string of the molecule is C=C1CSC=CN1.CC. The lowest BCUT2D eigenvalue weighted by molar-refractivity contribution is 1.07. The Kier molecular flexibility index (Phi) is 5.52. The van der Waals surface area contributed by atoms with E-state index in [1.54, 1.807) is 11.8 Å². The zero-order valence-corrected chi connectivity index (χ0v) is 6.79. The van der Waals surface area contributed by atoms with Gasteiger partial charge in [-0.1, -0.05) is 20.4 Å². The van der Waals surface area contributed by atoms with E-state index in [0.717, 1.165) is 11.4 Å². The second kappa shape index (κ2) is 5.76. The summed E-state index contributed by atoms with van der Waals surface area (Å²) in [4.78, 5) is 0. The molecule has 2 heteroatoms. The third kappa shape index (κ3) is 4.15. The van der Waals surface area contributed by atoms with Crippen LogP contribution >= 0.6 is 11.8 Å². The van der Waals surface area contributed by atoms with Crippen LogP contribution in [-0.2, 0) is 0 Å². The van der Waals surface area contributed by atoms with Crippen molar-refractivity contribution in [1.29, 1.82) is 0 Å². The van der Waals surface area contributed by atoms with Gasteiger partial charge in [0.05, 0.1) is 0 Å². The third-order valence-electron chi connectivity index (χ3n) is 0.709. The molecule has 0 aromatic rings. The van der Waals surface area contributed by atoms with Crippen LogP contribution in [-0.4, -0.2) is 5.75 Å². The lowest BCUT2D eigenvalue weighted by atomic mass is 10.6. The van der Waals surface area contributed by atoms with Gasteiger partial charge < -0.3 is 5.32 Å². The standard InChI is InChI=1S/C5H7NS.C2H6/c1-5-4-7-3-2-6-5;1-2/h2-3,6H,1,4H2;1-2H3. The first kappa shape index (κ1) is 8.63. The number of thioether (sulfide) groups is 1. The molecule has 52 valence electrons. The highest BCUT2D eigenvalue weighted by molar-refractivity contribution is 8.02. The fourth-order valence-corrected chi connectivity index (χ4v) is 0.935. The van der Waals surface area contributed by atoms with Crippen LogP contribution in [0.25, 0.3) is 0 Å². The highest BCUT2D eigenvalue weighted by Crippen LogP contribution is 2.09. The largest absolute Gasteiger partial charge is 0.364 e. The van der Waals surface area contributed by atoms with Gasteiger partial charge in [-0.25, -0.2) is 0 Å². The fourth-order valence-electron chi connectivity index (χ4n) is 0.390. The summed E-state index contributed by atoms with van der Waals surface area (Å²) in [5.41, 5.74) is 1.09. The fraction of sp³-hybridized carbons (Fsp3) is 0.429. The van der Waals surface area contributed by atoms with E-state index >= 15 is 0 Å². The zero-order chi connectivity index (χ0) is 7.11. The second-order valence-corrected chi connectivity index (χ2v) is 2.26. The Bertz CT molecular complexity index is 107. The van der Waals surface area contributed by atoms with Crippen LogP contribution in [0.5, 0.6) is 0 Å². The van der Waals surface area contributed by atoms with Crippen molar-refractivity contribution in [2.75, 3.05) is 5.75 Å². The summed E-state index contributed by atoms with van der Waals surface area (Å²) in [6.07, 6.45) is 1.90. The lowest BCUT2D eigenvalue weighted by Gasteiger charge is -2.06. The van der Waals surface area contributed by atoms with Gasteiger partial charge in [-0.2, -0.15) is 0 Å². The molecule has 0 aromatic heterocycles. The van der Waals surface area contributed by atoms with Crippen molar-refractivity contribution in [3.05, 3.63) is 23.9 Å². The van der Waals surface area contributed by atoms with Gasteiger partial charge in [-0.15, -0.1) is 11.8 Å². The van der Waals surface area contributed by atoms with E-state index in [9.17, 15) is 0 Å². The van der Waals surface area contributed by atoms with Crippen molar-refractivity contribution in [3.63, 3.8) is 0 Å². The molecular weight excluding hydrogens is 130 g/mol. The van der Waals surface area contributed by atoms with E-state index in [4.69, 9.17) is 0 Å². The van der Waals surface area contributed by atoms with Gasteiger partial charge >= 0.3 is 0 Å². The van der Waals surface area contributed by atoms with Crippen LogP contribution in [0.4, 0.5) is 0 Å². The molecule has 9 heavy (non-hydrogen) atoms. The molecule has 0 radical (unpaired) electrons. The first-order chi connectivity index (χ1) is 4.39. The van der Waals surface area contributed by atoms with E-state index in [1.807, 2.05) is 25.5 Å². The minimum absolute atomic E-state index is 1.01. The van der Waals surface area contributed by atoms with E-state index in [1.165, 1.54) is 0 Å². The minimum atomic E-state index is 1.01. The Hall–Kier alpha value is -0.370. The Morgan fingerprint density at radius 2 is 2.33 bits per heavy atom. The van der Waals surface area contributed by atoms with Crippen molar-refractivity contribution in [2.24, 2.45) is 0 Å². The number of hydrogen-bond acceptors (Lipinski definition) is 2. The molecule has 0 unspecified atom stereocenters. The summed E-state index contributed by atoms with van der Waals surface area (Å²) in [5, 5.41) is 5.01. The molecule has 1 aliphatic heterocycles. The topological polar surface area (TPSA) is 12.0 Å². The van der Waals surface area contributed by atoms with Gasteiger partial charge in [0.25, 0.3) is 0 Å². The van der Waals surface area contributed by atoms with Gasteiger partial charge in [0.1, 0.15) is 0 Å². The van der Waals surface area contributed by atoms with Gasteiger partial charge in [0, 0.05) is 17.6 Å². The molecule has 0 bridgehead atoms. The molecule has 1 nitrogen and oxygen atoms in total. The minimum Gasteiger partial charge on any atom is -0.364 e. The molecule has 0 amide bonds. The van der Waals surface area contributed by atoms with Crippen molar-refractivity contribution in [1.82, 2.24) is 5.32 Å². The third-order valence-corrected chi connectivity index (χ3v) is 1.55. The highest BCUT2D eigenvalue weighted by atomic mass is 32.2. The summed E-state index contributed by atoms with van der Waals surface area (Å²) >= 11 is 1.76. The maximum Gasteiger partial charge on any atom is 0.0371 e. The van der Waals surface area contributed by atoms with Gasteiger partial charge in [-0.3, -0.25) is 0 Å². The van der Waals surface area contributed by atoms with Gasteiger partial charge in [-0.05, 0) is 5.41 Å². The lowest BCUT2D eigenvalue weighted by Crippen LogP contribution is -2.07. The Balaban J connectivity index is 0.000000291. The van der Waals surface area contributed by atoms with Crippen molar-refractivity contribution < 1.29 is 0 Å². The molecule has 0 saturated heterocycles. The summed E-state index contributed by atoms with van der Waals surface area (Å²) in [7, 11) is 0. The molecule has 1 aliphatic rings. The summed E-state index contributed by atoms with van der Waals surface area (Å²) < 4.78 is 0. The van der Waals surface area contributed by atoms with Crippen LogP contribution < -0.4 is 5.32 Å². The van der Waals surface area contributed by atoms with Crippen LogP contribution in [0.15, 0.2) is 23.9 Å². The van der Waals surface area contributed by atoms with Crippen molar-refractivity contribution in [2.45, 2.75) is 13.8 Å². The smallest absolute Gasteiger partial charge is 0.0371 e. The number of nitrogens with one attached hydrogen (secondary N) is 1. The maximum absolute atomic E-state index is 3.73. The predicted octanol–water partition coefficient (Wildman–Crippen LogP) is 2.33. The molecule has 0 fully saturated rings. The number of rotatable bonds is 0. The average molecular weight is 143 g/mol. The molecule has 1 rings (SSSR count). The zero-order valence-electron chi connectivity index (χ0n) is 5.98. The second-order valence-electron chi connectivity index (χ2n) is 1.36. The Labute approximate surface area is 61.2 Å². The predicted molar refractivity (Wildman–Crippen MR) is 45.2 cm³/mol. The van der Waals surface area contributed by atoms with Crippen LogP contribution in [0.1, 0.15) is 13.8 Å². The Morgan fingerprint density at radius 1 is 1.67 bits per heavy atom. The first-order valence-electron chi connectivity index (χ1n) is 3.10. The molecular formula is C7H13NS. The van der Waals surface area contributed by atoms with Crippen LogP contribution in [0.3, 0.4) is 0 Å². The molecule has 0 aromatic carbocycles. The van der Waals surface area contributed by atoms with Crippen LogP contribution in [0, 0.1) is 0 Å². The first-order valence-corrected chi connectivity index (χ1v) is 4.15. The van der Waals surface area contributed by atoms with Crippen molar-refractivity contribution >= 4 is 11.8 Å². The van der Waals surface area contributed by atoms with Crippen LogP contribution in [0.2, 0.25) is 0 Å². The maximum atomic E-state index is 3.73. The quantitative estimate of drug-likeness (QED) is 0.558. The molecule has 0 spiro atoms. The Morgan fingerprint density at radius 3 is 2.56 bits per heavy atom. The summed E-state index contributed by atoms with van der Waals surface area (Å²) in [6, 6.07) is 0. The highest BCUT2D eigenvalue weighted by Gasteiger charge is 1.92. The molecule has 1 heterocycles. The van der Waals surface area contributed by atoms with E-state index in [-0.39, 0.29) is 0 Å². The summed E-state index contributed by atoms with van der Waals surface area (Å²) in [6.45, 7) is 7.73. The van der Waals surface area contributed by atoms with Crippen molar-refractivity contribution in [3.8, 4) is 0 Å². The van der Waals surface area contributed by atoms with E-state index < -0.39 is 0 Å². The normalized spacial score (nSPS) is 15.6. The monoisotopic (exact) mass is 143 g/mol. The molecule has 0 saturated carbocycles. The molecule has 1 N–H and O–H groups in total. The van der Waals surface area contributed by atoms with E-state index in [2.05, 4.69) is 11.9 Å². The number of hydrogen-bond donors (Lipinski definition) is 1. The molecule has 0 aliphatic carbocycles. The van der Waals surface area contributed by atoms with Gasteiger partial charge in [0.15, 0.2) is 0 Å². The van der Waals surface area contributed by atoms with Gasteiger partial charge in [0.2, 0.25) is 0 Å². The molecule has 0 atom stereocenters.